The zero-order valence-corrected chi connectivity index (χ0v) is 12.0. The minimum absolute atomic E-state index is 0.00338. The first kappa shape index (κ1) is 14.3. The molecule has 5 heteroatoms. The normalized spacial score (nSPS) is 31.6. The summed E-state index contributed by atoms with van der Waals surface area (Å²) in [5, 5.41) is 10.4. The molecule has 0 radical (unpaired) electrons. The summed E-state index contributed by atoms with van der Waals surface area (Å²) in [7, 11) is 0. The predicted molar refractivity (Wildman–Crippen MR) is 74.7 cm³/mol. The van der Waals surface area contributed by atoms with Gasteiger partial charge in [-0.25, -0.2) is 8.78 Å². The largest absolute Gasteiger partial charge is 0.388 e. The molecule has 1 aromatic rings. The van der Waals surface area contributed by atoms with Gasteiger partial charge in [0, 0.05) is 18.4 Å². The Balaban J connectivity index is 1.77. The van der Waals surface area contributed by atoms with Crippen LogP contribution in [0.4, 0.5) is 8.78 Å². The van der Waals surface area contributed by atoms with E-state index < -0.39 is 17.7 Å². The lowest BCUT2D eigenvalue weighted by atomic mass is 9.80. The van der Waals surface area contributed by atoms with E-state index in [9.17, 15) is 13.9 Å². The van der Waals surface area contributed by atoms with Gasteiger partial charge < -0.3 is 9.84 Å². The second-order valence-corrected chi connectivity index (χ2v) is 6.84. The van der Waals surface area contributed by atoms with Crippen molar-refractivity contribution in [2.75, 3.05) is 18.1 Å². The van der Waals surface area contributed by atoms with Gasteiger partial charge in [-0.3, -0.25) is 0 Å². The quantitative estimate of drug-likeness (QED) is 0.909. The highest BCUT2D eigenvalue weighted by molar-refractivity contribution is 7.99. The van der Waals surface area contributed by atoms with Crippen molar-refractivity contribution in [2.24, 2.45) is 5.92 Å². The molecule has 3 rings (SSSR count). The van der Waals surface area contributed by atoms with Crippen molar-refractivity contribution in [2.45, 2.75) is 31.0 Å². The molecule has 1 spiro atoms. The van der Waals surface area contributed by atoms with Crippen molar-refractivity contribution >= 4 is 11.8 Å². The monoisotopic (exact) mass is 300 g/mol. The molecule has 20 heavy (non-hydrogen) atoms. The number of halogens is 2. The van der Waals surface area contributed by atoms with Gasteiger partial charge in [-0.15, -0.1) is 0 Å². The number of benzene rings is 1. The number of ether oxygens (including phenoxy) is 1. The van der Waals surface area contributed by atoms with Crippen LogP contribution >= 0.6 is 11.8 Å². The van der Waals surface area contributed by atoms with Crippen LogP contribution in [0, 0.1) is 17.6 Å². The lowest BCUT2D eigenvalue weighted by Crippen LogP contribution is -2.41. The lowest BCUT2D eigenvalue weighted by Gasteiger charge is -2.39. The molecule has 3 unspecified atom stereocenters. The van der Waals surface area contributed by atoms with E-state index in [1.165, 1.54) is 12.1 Å². The van der Waals surface area contributed by atoms with Gasteiger partial charge in [0.05, 0.1) is 11.7 Å². The van der Waals surface area contributed by atoms with Gasteiger partial charge in [0.2, 0.25) is 0 Å². The third kappa shape index (κ3) is 2.85. The van der Waals surface area contributed by atoms with Crippen molar-refractivity contribution in [1.29, 1.82) is 0 Å². The van der Waals surface area contributed by atoms with E-state index in [1.807, 2.05) is 11.8 Å². The molecule has 0 amide bonds. The molecule has 2 aliphatic rings. The van der Waals surface area contributed by atoms with Gasteiger partial charge in [0.15, 0.2) is 0 Å². The Morgan fingerprint density at radius 1 is 1.30 bits per heavy atom. The predicted octanol–water partition coefficient (Wildman–Crippen LogP) is 3.30. The van der Waals surface area contributed by atoms with Crippen molar-refractivity contribution in [1.82, 2.24) is 0 Å². The summed E-state index contributed by atoms with van der Waals surface area (Å²) in [6, 6.07) is 3.27. The van der Waals surface area contributed by atoms with Crippen molar-refractivity contribution in [3.63, 3.8) is 0 Å². The Morgan fingerprint density at radius 2 is 2.05 bits per heavy atom. The third-order valence-electron chi connectivity index (χ3n) is 4.27. The van der Waals surface area contributed by atoms with Crippen LogP contribution in [0.3, 0.4) is 0 Å². The SMILES string of the molecule is OC(c1cc(F)cc(F)c1)C1CCOC2(CCSC2)C1. The summed E-state index contributed by atoms with van der Waals surface area (Å²) >= 11 is 1.87. The molecular formula is C15H18F2O2S. The second kappa shape index (κ2) is 5.62. The first-order valence-corrected chi connectivity index (χ1v) is 8.09. The Kier molecular flexibility index (Phi) is 4.02. The van der Waals surface area contributed by atoms with Gasteiger partial charge in [-0.1, -0.05) is 0 Å². The first-order chi connectivity index (χ1) is 9.58. The van der Waals surface area contributed by atoms with Crippen LogP contribution in [0.2, 0.25) is 0 Å². The maximum atomic E-state index is 13.3. The van der Waals surface area contributed by atoms with Gasteiger partial charge in [-0.05, 0) is 48.6 Å². The van der Waals surface area contributed by atoms with Crippen molar-refractivity contribution in [3.8, 4) is 0 Å². The Morgan fingerprint density at radius 3 is 2.70 bits per heavy atom. The molecule has 0 bridgehead atoms. The topological polar surface area (TPSA) is 29.5 Å². The van der Waals surface area contributed by atoms with Crippen LogP contribution in [0.15, 0.2) is 18.2 Å². The molecule has 3 atom stereocenters. The molecule has 2 heterocycles. The molecule has 2 fully saturated rings. The van der Waals surface area contributed by atoms with E-state index in [4.69, 9.17) is 4.74 Å². The molecule has 2 aliphatic heterocycles. The van der Waals surface area contributed by atoms with Gasteiger partial charge in [-0.2, -0.15) is 11.8 Å². The summed E-state index contributed by atoms with van der Waals surface area (Å²) in [5.41, 5.74) is 0.190. The molecule has 1 N–H and O–H groups in total. The smallest absolute Gasteiger partial charge is 0.126 e. The average Bonchev–Trinajstić information content (AvgIpc) is 2.85. The maximum absolute atomic E-state index is 13.3. The van der Waals surface area contributed by atoms with E-state index in [0.29, 0.717) is 12.2 Å². The second-order valence-electron chi connectivity index (χ2n) is 5.73. The molecule has 1 aromatic carbocycles. The van der Waals surface area contributed by atoms with Crippen LogP contribution in [-0.4, -0.2) is 28.8 Å². The standard InChI is InChI=1S/C15H18F2O2S/c16-12-5-11(6-13(17)7-12)14(18)10-1-3-19-15(8-10)2-4-20-9-15/h5-7,10,14,18H,1-4,8-9H2. The molecule has 2 nitrogen and oxygen atoms in total. The molecular weight excluding hydrogens is 282 g/mol. The lowest BCUT2D eigenvalue weighted by molar-refractivity contribution is -0.102. The number of aliphatic hydroxyl groups excluding tert-OH is 1. The fourth-order valence-corrected chi connectivity index (χ4v) is 4.59. The van der Waals surface area contributed by atoms with Gasteiger partial charge in [0.1, 0.15) is 11.6 Å². The fourth-order valence-electron chi connectivity index (χ4n) is 3.22. The molecule has 0 aliphatic carbocycles. The van der Waals surface area contributed by atoms with E-state index in [2.05, 4.69) is 0 Å². The van der Waals surface area contributed by atoms with Gasteiger partial charge >= 0.3 is 0 Å². The summed E-state index contributed by atoms with van der Waals surface area (Å²) in [6.45, 7) is 0.611. The van der Waals surface area contributed by atoms with Crippen LogP contribution in [0.1, 0.15) is 30.9 Å². The summed E-state index contributed by atoms with van der Waals surface area (Å²) in [6.07, 6.45) is 1.66. The summed E-state index contributed by atoms with van der Waals surface area (Å²) < 4.78 is 32.5. The molecule has 110 valence electrons. The van der Waals surface area contributed by atoms with Crippen LogP contribution in [-0.2, 0) is 4.74 Å². The molecule has 2 saturated heterocycles. The van der Waals surface area contributed by atoms with E-state index in [0.717, 1.165) is 36.8 Å². The Bertz CT molecular complexity index is 469. The van der Waals surface area contributed by atoms with Crippen molar-refractivity contribution in [3.05, 3.63) is 35.4 Å². The van der Waals surface area contributed by atoms with Crippen LogP contribution in [0.25, 0.3) is 0 Å². The number of hydrogen-bond acceptors (Lipinski definition) is 3. The van der Waals surface area contributed by atoms with E-state index in [-0.39, 0.29) is 11.5 Å². The fraction of sp³-hybridized carbons (Fsp3) is 0.600. The summed E-state index contributed by atoms with van der Waals surface area (Å²) in [4.78, 5) is 0. The number of hydrogen-bond donors (Lipinski definition) is 1. The zero-order chi connectivity index (χ0) is 14.2. The number of thioether (sulfide) groups is 1. The minimum Gasteiger partial charge on any atom is -0.388 e. The highest BCUT2D eigenvalue weighted by atomic mass is 32.2. The maximum Gasteiger partial charge on any atom is 0.126 e. The highest BCUT2D eigenvalue weighted by Crippen LogP contribution is 2.44. The highest BCUT2D eigenvalue weighted by Gasteiger charge is 2.42. The Labute approximate surface area is 121 Å². The zero-order valence-electron chi connectivity index (χ0n) is 11.1. The molecule has 0 saturated carbocycles. The third-order valence-corrected chi connectivity index (χ3v) is 5.49. The van der Waals surface area contributed by atoms with Gasteiger partial charge in [0.25, 0.3) is 0 Å². The van der Waals surface area contributed by atoms with Crippen LogP contribution in [0.5, 0.6) is 0 Å². The Hall–Kier alpha value is -0.650. The summed E-state index contributed by atoms with van der Waals surface area (Å²) in [5.74, 6) is 0.753. The van der Waals surface area contributed by atoms with Crippen molar-refractivity contribution < 1.29 is 18.6 Å². The van der Waals surface area contributed by atoms with E-state index in [1.54, 1.807) is 0 Å². The average molecular weight is 300 g/mol. The number of aliphatic hydroxyl groups is 1. The number of rotatable bonds is 2. The molecule has 0 aromatic heterocycles. The van der Waals surface area contributed by atoms with Crippen LogP contribution < -0.4 is 0 Å². The first-order valence-electron chi connectivity index (χ1n) is 6.94. The minimum atomic E-state index is -0.827. The van der Waals surface area contributed by atoms with E-state index >= 15 is 0 Å².